The maximum absolute atomic E-state index is 13.2. The van der Waals surface area contributed by atoms with Crippen LogP contribution in [-0.2, 0) is 21.3 Å². The van der Waals surface area contributed by atoms with Crippen LogP contribution in [0.2, 0.25) is 0 Å². The van der Waals surface area contributed by atoms with Crippen LogP contribution in [0, 0.1) is 0 Å². The minimum absolute atomic E-state index is 0.210. The second-order valence-corrected chi connectivity index (χ2v) is 9.49. The SMILES string of the molecule is COc1ccccc1CN1CCOC12CCN(S(=O)(=O)c1ccccc1OC)CC2. The van der Waals surface area contributed by atoms with Gasteiger partial charge in [0.05, 0.1) is 20.8 Å². The van der Waals surface area contributed by atoms with E-state index in [2.05, 4.69) is 11.0 Å². The molecule has 2 aromatic carbocycles. The summed E-state index contributed by atoms with van der Waals surface area (Å²) in [6, 6.07) is 14.7. The van der Waals surface area contributed by atoms with Crippen molar-refractivity contribution in [3.8, 4) is 11.5 Å². The Hall–Kier alpha value is -2.13. The van der Waals surface area contributed by atoms with Crippen LogP contribution in [0.15, 0.2) is 53.4 Å². The van der Waals surface area contributed by atoms with E-state index in [4.69, 9.17) is 14.2 Å². The van der Waals surface area contributed by atoms with Crippen LogP contribution in [0.3, 0.4) is 0 Å². The number of hydrogen-bond donors (Lipinski definition) is 0. The molecule has 0 aliphatic carbocycles. The zero-order valence-corrected chi connectivity index (χ0v) is 18.2. The Kier molecular flexibility index (Phi) is 6.02. The Bertz CT molecular complexity index is 987. The zero-order chi connectivity index (χ0) is 21.2. The predicted molar refractivity (Wildman–Crippen MR) is 113 cm³/mol. The summed E-state index contributed by atoms with van der Waals surface area (Å²) >= 11 is 0. The quantitative estimate of drug-likeness (QED) is 0.699. The van der Waals surface area contributed by atoms with Crippen molar-refractivity contribution in [3.63, 3.8) is 0 Å². The molecule has 2 saturated heterocycles. The predicted octanol–water partition coefficient (Wildman–Crippen LogP) is 2.72. The van der Waals surface area contributed by atoms with Crippen LogP contribution in [0.5, 0.6) is 11.5 Å². The van der Waals surface area contributed by atoms with E-state index in [1.165, 1.54) is 7.11 Å². The molecule has 2 aromatic rings. The number of hydrogen-bond acceptors (Lipinski definition) is 6. The molecule has 0 radical (unpaired) electrons. The Morgan fingerprint density at radius 1 is 0.933 bits per heavy atom. The highest BCUT2D eigenvalue weighted by Crippen LogP contribution is 2.38. The standard InChI is InChI=1S/C22H28N2O5S/c1-27-19-8-4-3-7-18(19)17-23-15-16-29-22(23)11-13-24(14-12-22)30(25,26)21-10-6-5-9-20(21)28-2/h3-10H,11-17H2,1-2H3. The van der Waals surface area contributed by atoms with Gasteiger partial charge in [0.2, 0.25) is 10.0 Å². The van der Waals surface area contributed by atoms with Crippen molar-refractivity contribution in [2.45, 2.75) is 30.0 Å². The molecule has 30 heavy (non-hydrogen) atoms. The fraction of sp³-hybridized carbons (Fsp3) is 0.455. The number of rotatable bonds is 6. The number of sulfonamides is 1. The molecule has 162 valence electrons. The van der Waals surface area contributed by atoms with E-state index in [0.29, 0.717) is 44.8 Å². The Balaban J connectivity index is 1.50. The zero-order valence-electron chi connectivity index (χ0n) is 17.4. The summed E-state index contributed by atoms with van der Waals surface area (Å²) in [6.45, 7) is 2.99. The summed E-state index contributed by atoms with van der Waals surface area (Å²) in [4.78, 5) is 2.53. The second-order valence-electron chi connectivity index (χ2n) is 7.58. The van der Waals surface area contributed by atoms with Gasteiger partial charge in [-0.3, -0.25) is 4.90 Å². The van der Waals surface area contributed by atoms with E-state index < -0.39 is 15.7 Å². The number of ether oxygens (including phenoxy) is 3. The van der Waals surface area contributed by atoms with E-state index in [-0.39, 0.29) is 4.90 Å². The molecule has 2 fully saturated rings. The highest BCUT2D eigenvalue weighted by molar-refractivity contribution is 7.89. The molecule has 7 nitrogen and oxygen atoms in total. The van der Waals surface area contributed by atoms with Gasteiger partial charge in [0, 0.05) is 44.6 Å². The summed E-state index contributed by atoms with van der Waals surface area (Å²) < 4.78 is 44.9. The summed E-state index contributed by atoms with van der Waals surface area (Å²) in [5, 5.41) is 0. The van der Waals surface area contributed by atoms with Gasteiger partial charge < -0.3 is 14.2 Å². The maximum atomic E-state index is 13.2. The van der Waals surface area contributed by atoms with Gasteiger partial charge in [-0.2, -0.15) is 4.31 Å². The van der Waals surface area contributed by atoms with E-state index in [0.717, 1.165) is 17.9 Å². The first kappa shape index (κ1) is 21.1. The van der Waals surface area contributed by atoms with Crippen molar-refractivity contribution in [1.29, 1.82) is 0 Å². The lowest BCUT2D eigenvalue weighted by molar-refractivity contribution is -0.114. The Morgan fingerprint density at radius 2 is 1.57 bits per heavy atom. The topological polar surface area (TPSA) is 68.3 Å². The lowest BCUT2D eigenvalue weighted by atomic mass is 9.99. The summed E-state index contributed by atoms with van der Waals surface area (Å²) in [5.41, 5.74) is 0.669. The highest BCUT2D eigenvalue weighted by atomic mass is 32.2. The smallest absolute Gasteiger partial charge is 0.246 e. The molecule has 2 heterocycles. The molecule has 0 bridgehead atoms. The third-order valence-electron chi connectivity index (χ3n) is 6.05. The second kappa shape index (κ2) is 8.55. The number of methoxy groups -OCH3 is 2. The highest BCUT2D eigenvalue weighted by Gasteiger charge is 2.46. The molecule has 1 spiro atoms. The van der Waals surface area contributed by atoms with Crippen LogP contribution in [-0.4, -0.2) is 63.8 Å². The van der Waals surface area contributed by atoms with Crippen molar-refractivity contribution in [2.75, 3.05) is 40.5 Å². The largest absolute Gasteiger partial charge is 0.496 e. The van der Waals surface area contributed by atoms with Gasteiger partial charge in [-0.1, -0.05) is 30.3 Å². The average Bonchev–Trinajstić information content (AvgIpc) is 3.15. The maximum Gasteiger partial charge on any atom is 0.246 e. The van der Waals surface area contributed by atoms with Crippen molar-refractivity contribution in [1.82, 2.24) is 9.21 Å². The van der Waals surface area contributed by atoms with Crippen LogP contribution in [0.1, 0.15) is 18.4 Å². The number of nitrogens with zero attached hydrogens (tertiary/aromatic N) is 2. The third-order valence-corrected chi connectivity index (χ3v) is 7.99. The summed E-state index contributed by atoms with van der Waals surface area (Å²) in [6.07, 6.45) is 1.24. The van der Waals surface area contributed by atoms with E-state index in [9.17, 15) is 8.42 Å². The Morgan fingerprint density at radius 3 is 2.27 bits per heavy atom. The lowest BCUT2D eigenvalue weighted by Crippen LogP contribution is -2.53. The molecule has 4 rings (SSSR count). The van der Waals surface area contributed by atoms with E-state index in [1.54, 1.807) is 35.7 Å². The molecule has 2 aliphatic heterocycles. The molecular weight excluding hydrogens is 404 g/mol. The van der Waals surface area contributed by atoms with Crippen LogP contribution < -0.4 is 9.47 Å². The molecule has 0 unspecified atom stereocenters. The molecule has 0 saturated carbocycles. The lowest BCUT2D eigenvalue weighted by Gasteiger charge is -2.43. The first-order chi connectivity index (χ1) is 14.5. The minimum Gasteiger partial charge on any atom is -0.496 e. The van der Waals surface area contributed by atoms with Crippen molar-refractivity contribution in [3.05, 3.63) is 54.1 Å². The van der Waals surface area contributed by atoms with E-state index >= 15 is 0 Å². The fourth-order valence-electron chi connectivity index (χ4n) is 4.41. The number of benzene rings is 2. The number of piperidine rings is 1. The molecule has 8 heteroatoms. The average molecular weight is 433 g/mol. The minimum atomic E-state index is -3.62. The molecule has 0 N–H and O–H groups in total. The van der Waals surface area contributed by atoms with Gasteiger partial charge in [0.1, 0.15) is 22.1 Å². The van der Waals surface area contributed by atoms with Crippen molar-refractivity contribution < 1.29 is 22.6 Å². The molecule has 0 atom stereocenters. The van der Waals surface area contributed by atoms with Gasteiger partial charge in [-0.15, -0.1) is 0 Å². The summed E-state index contributed by atoms with van der Waals surface area (Å²) in [5.74, 6) is 1.23. The first-order valence-electron chi connectivity index (χ1n) is 10.1. The normalized spacial score (nSPS) is 19.8. The monoisotopic (exact) mass is 432 g/mol. The Labute approximate surface area is 178 Å². The molecule has 2 aliphatic rings. The van der Waals surface area contributed by atoms with Gasteiger partial charge in [0.25, 0.3) is 0 Å². The molecule has 0 aromatic heterocycles. The van der Waals surface area contributed by atoms with Crippen molar-refractivity contribution in [2.24, 2.45) is 0 Å². The molecule has 0 amide bonds. The molecular formula is C22H28N2O5S. The van der Waals surface area contributed by atoms with Gasteiger partial charge in [-0.05, 0) is 18.2 Å². The fourth-order valence-corrected chi connectivity index (χ4v) is 6.01. The van der Waals surface area contributed by atoms with Crippen molar-refractivity contribution >= 4 is 10.0 Å². The van der Waals surface area contributed by atoms with Crippen LogP contribution >= 0.6 is 0 Å². The first-order valence-corrected chi connectivity index (χ1v) is 11.6. The van der Waals surface area contributed by atoms with Crippen LogP contribution in [0.25, 0.3) is 0 Å². The summed E-state index contributed by atoms with van der Waals surface area (Å²) in [7, 11) is -0.459. The van der Waals surface area contributed by atoms with Gasteiger partial charge >= 0.3 is 0 Å². The van der Waals surface area contributed by atoms with E-state index in [1.807, 2.05) is 18.2 Å². The van der Waals surface area contributed by atoms with Gasteiger partial charge in [-0.25, -0.2) is 8.42 Å². The van der Waals surface area contributed by atoms with Crippen LogP contribution in [0.4, 0.5) is 0 Å². The van der Waals surface area contributed by atoms with Gasteiger partial charge in [0.15, 0.2) is 0 Å². The number of para-hydroxylation sites is 2. The third kappa shape index (κ3) is 3.80.